The Kier molecular flexibility index (Phi) is 4.78. The first-order chi connectivity index (χ1) is 9.54. The van der Waals surface area contributed by atoms with Gasteiger partial charge in [0.25, 0.3) is 0 Å². The molecule has 2 heterocycles. The molecule has 0 bridgehead atoms. The van der Waals surface area contributed by atoms with Crippen LogP contribution in [-0.4, -0.2) is 43.1 Å². The van der Waals surface area contributed by atoms with Crippen molar-refractivity contribution in [1.29, 1.82) is 0 Å². The molecule has 0 atom stereocenters. The molecular formula is C14H23N3O2S. The first-order valence-electron chi connectivity index (χ1n) is 7.13. The summed E-state index contributed by atoms with van der Waals surface area (Å²) in [7, 11) is -3.10. The zero-order chi connectivity index (χ0) is 14.6. The monoisotopic (exact) mass is 297 g/mol. The summed E-state index contributed by atoms with van der Waals surface area (Å²) in [5.41, 5.74) is 6.78. The van der Waals surface area contributed by atoms with E-state index >= 15 is 0 Å². The molecule has 0 radical (unpaired) electrons. The molecule has 1 aromatic rings. The van der Waals surface area contributed by atoms with Gasteiger partial charge in [0.1, 0.15) is 0 Å². The van der Waals surface area contributed by atoms with Crippen LogP contribution in [0.4, 0.5) is 0 Å². The van der Waals surface area contributed by atoms with Crippen LogP contribution in [0.15, 0.2) is 24.4 Å². The summed E-state index contributed by atoms with van der Waals surface area (Å²) >= 11 is 0. The molecule has 112 valence electrons. The fourth-order valence-corrected chi connectivity index (χ4v) is 4.33. The third kappa shape index (κ3) is 3.02. The number of hydrogen-bond donors (Lipinski definition) is 1. The smallest absolute Gasteiger partial charge is 0.214 e. The molecule has 2 rings (SSSR count). The molecule has 2 N–H and O–H groups in total. The fourth-order valence-electron chi connectivity index (χ4n) is 2.82. The molecule has 1 aliphatic rings. The van der Waals surface area contributed by atoms with E-state index in [-0.39, 0.29) is 11.2 Å². The van der Waals surface area contributed by atoms with E-state index in [9.17, 15) is 8.42 Å². The van der Waals surface area contributed by atoms with Gasteiger partial charge in [-0.25, -0.2) is 12.7 Å². The maximum Gasteiger partial charge on any atom is 0.214 e. The van der Waals surface area contributed by atoms with E-state index in [4.69, 9.17) is 5.73 Å². The van der Waals surface area contributed by atoms with Gasteiger partial charge in [0, 0.05) is 36.9 Å². The zero-order valence-corrected chi connectivity index (χ0v) is 12.8. The lowest BCUT2D eigenvalue weighted by molar-refractivity contribution is 0.233. The van der Waals surface area contributed by atoms with Crippen molar-refractivity contribution in [3.05, 3.63) is 30.1 Å². The Hall–Kier alpha value is -0.980. The van der Waals surface area contributed by atoms with Gasteiger partial charge in [-0.3, -0.25) is 4.98 Å². The van der Waals surface area contributed by atoms with Crippen LogP contribution >= 0.6 is 0 Å². The van der Waals surface area contributed by atoms with Crippen molar-refractivity contribution in [2.75, 3.05) is 25.4 Å². The van der Waals surface area contributed by atoms with Crippen molar-refractivity contribution in [3.8, 4) is 0 Å². The molecule has 0 saturated carbocycles. The molecule has 5 nitrogen and oxygen atoms in total. The number of nitrogens with two attached hydrogens (primary N) is 1. The Labute approximate surface area is 121 Å². The van der Waals surface area contributed by atoms with Gasteiger partial charge in [-0.2, -0.15) is 0 Å². The Morgan fingerprint density at radius 1 is 1.35 bits per heavy atom. The Morgan fingerprint density at radius 3 is 2.55 bits per heavy atom. The Bertz CT molecular complexity index is 523. The first-order valence-corrected chi connectivity index (χ1v) is 8.74. The molecule has 0 aliphatic carbocycles. The average Bonchev–Trinajstić information content (AvgIpc) is 2.48. The van der Waals surface area contributed by atoms with Crippen LogP contribution in [0.25, 0.3) is 0 Å². The van der Waals surface area contributed by atoms with Crippen LogP contribution in [0.2, 0.25) is 0 Å². The predicted octanol–water partition coefficient (Wildman–Crippen LogP) is 1.11. The summed E-state index contributed by atoms with van der Waals surface area (Å²) in [6.45, 7) is 3.47. The second-order valence-electron chi connectivity index (χ2n) is 5.41. The van der Waals surface area contributed by atoms with Gasteiger partial charge in [-0.15, -0.1) is 0 Å². The van der Waals surface area contributed by atoms with Crippen molar-refractivity contribution >= 4 is 10.0 Å². The van der Waals surface area contributed by atoms with Crippen molar-refractivity contribution in [3.63, 3.8) is 0 Å². The molecule has 1 saturated heterocycles. The molecule has 1 aromatic heterocycles. The lowest BCUT2D eigenvalue weighted by atomic mass is 9.76. The maximum absolute atomic E-state index is 12.1. The minimum Gasteiger partial charge on any atom is -0.330 e. The van der Waals surface area contributed by atoms with Crippen LogP contribution in [-0.2, 0) is 15.4 Å². The largest absolute Gasteiger partial charge is 0.330 e. The second kappa shape index (κ2) is 6.20. The number of aromatic nitrogens is 1. The SMILES string of the molecule is CCCS(=O)(=O)N1CCC(CN)(c2ccccn2)CC1. The van der Waals surface area contributed by atoms with Gasteiger partial charge in [0.15, 0.2) is 0 Å². The highest BCUT2D eigenvalue weighted by atomic mass is 32.2. The summed E-state index contributed by atoms with van der Waals surface area (Å²) in [6, 6.07) is 5.83. The zero-order valence-electron chi connectivity index (χ0n) is 12.0. The molecule has 0 amide bonds. The number of pyridine rings is 1. The van der Waals surface area contributed by atoms with Crippen molar-refractivity contribution < 1.29 is 8.42 Å². The first kappa shape index (κ1) is 15.4. The van der Waals surface area contributed by atoms with E-state index in [2.05, 4.69) is 4.98 Å². The quantitative estimate of drug-likeness (QED) is 0.883. The standard InChI is InChI=1S/C14H23N3O2S/c1-2-11-20(18,19)17-9-6-14(12-15,7-10-17)13-5-3-4-8-16-13/h3-5,8H,2,6-7,9-12,15H2,1H3. The van der Waals surface area contributed by atoms with Gasteiger partial charge in [-0.1, -0.05) is 13.0 Å². The molecule has 0 spiro atoms. The second-order valence-corrected chi connectivity index (χ2v) is 7.50. The molecule has 0 unspecified atom stereocenters. The number of nitrogens with zero attached hydrogens (tertiary/aromatic N) is 2. The summed E-state index contributed by atoms with van der Waals surface area (Å²) in [4.78, 5) is 4.42. The minimum atomic E-state index is -3.10. The molecule has 20 heavy (non-hydrogen) atoms. The normalized spacial score (nSPS) is 19.9. The minimum absolute atomic E-state index is 0.181. The predicted molar refractivity (Wildman–Crippen MR) is 79.9 cm³/mol. The van der Waals surface area contributed by atoms with Crippen molar-refractivity contribution in [2.24, 2.45) is 5.73 Å². The number of hydrogen-bond acceptors (Lipinski definition) is 4. The highest BCUT2D eigenvalue weighted by molar-refractivity contribution is 7.89. The molecule has 0 aromatic carbocycles. The fraction of sp³-hybridized carbons (Fsp3) is 0.643. The van der Waals surface area contributed by atoms with Crippen LogP contribution in [0.1, 0.15) is 31.9 Å². The van der Waals surface area contributed by atoms with E-state index in [1.165, 1.54) is 0 Å². The Morgan fingerprint density at radius 2 is 2.05 bits per heavy atom. The maximum atomic E-state index is 12.1. The summed E-state index contributed by atoms with van der Waals surface area (Å²) in [5, 5.41) is 0. The number of piperidine rings is 1. The van der Waals surface area contributed by atoms with Crippen molar-refractivity contribution in [2.45, 2.75) is 31.6 Å². The van der Waals surface area contributed by atoms with Crippen molar-refractivity contribution in [1.82, 2.24) is 9.29 Å². The molecular weight excluding hydrogens is 274 g/mol. The van der Waals surface area contributed by atoms with E-state index in [1.54, 1.807) is 10.5 Å². The average molecular weight is 297 g/mol. The van der Waals surface area contributed by atoms with E-state index < -0.39 is 10.0 Å². The highest BCUT2D eigenvalue weighted by Crippen LogP contribution is 2.34. The summed E-state index contributed by atoms with van der Waals surface area (Å²) < 4.78 is 25.8. The van der Waals surface area contributed by atoms with Crippen LogP contribution < -0.4 is 5.73 Å². The van der Waals surface area contributed by atoms with E-state index in [1.807, 2.05) is 25.1 Å². The van der Waals surface area contributed by atoms with E-state index in [0.717, 1.165) is 18.5 Å². The lowest BCUT2D eigenvalue weighted by Crippen LogP contribution is -2.49. The van der Waals surface area contributed by atoms with Gasteiger partial charge in [0.2, 0.25) is 10.0 Å². The number of sulfonamides is 1. The van der Waals surface area contributed by atoms with Gasteiger partial charge in [0.05, 0.1) is 5.75 Å². The highest BCUT2D eigenvalue weighted by Gasteiger charge is 2.38. The molecule has 6 heteroatoms. The molecule has 1 aliphatic heterocycles. The third-order valence-electron chi connectivity index (χ3n) is 4.13. The molecule has 1 fully saturated rings. The third-order valence-corrected chi connectivity index (χ3v) is 6.21. The van der Waals surface area contributed by atoms with Crippen LogP contribution in [0.3, 0.4) is 0 Å². The van der Waals surface area contributed by atoms with E-state index in [0.29, 0.717) is 26.1 Å². The lowest BCUT2D eigenvalue weighted by Gasteiger charge is -2.40. The van der Waals surface area contributed by atoms with Crippen LogP contribution in [0, 0.1) is 0 Å². The van der Waals surface area contributed by atoms with Crippen LogP contribution in [0.5, 0.6) is 0 Å². The summed E-state index contributed by atoms with van der Waals surface area (Å²) in [5.74, 6) is 0.228. The van der Waals surface area contributed by atoms with Gasteiger partial charge >= 0.3 is 0 Å². The van der Waals surface area contributed by atoms with Gasteiger partial charge in [-0.05, 0) is 31.4 Å². The number of rotatable bonds is 5. The Balaban J connectivity index is 2.13. The topological polar surface area (TPSA) is 76.3 Å². The summed E-state index contributed by atoms with van der Waals surface area (Å²) in [6.07, 6.45) is 3.90. The van der Waals surface area contributed by atoms with Gasteiger partial charge < -0.3 is 5.73 Å².